The SMILES string of the molecule is C=COc1ccccc1.COCCOCCOC. The van der Waals surface area contributed by atoms with Crippen LogP contribution in [0.15, 0.2) is 43.2 Å². The molecule has 0 amide bonds. The molecule has 0 heterocycles. The predicted octanol–water partition coefficient (Wildman–Crippen LogP) is 2.50. The number of para-hydroxylation sites is 1. The Morgan fingerprint density at radius 2 is 1.50 bits per heavy atom. The van der Waals surface area contributed by atoms with Gasteiger partial charge in [-0.15, -0.1) is 0 Å². The topological polar surface area (TPSA) is 36.9 Å². The van der Waals surface area contributed by atoms with Crippen molar-refractivity contribution < 1.29 is 18.9 Å². The molecule has 4 nitrogen and oxygen atoms in total. The van der Waals surface area contributed by atoms with Gasteiger partial charge in [0.25, 0.3) is 0 Å². The molecule has 4 heteroatoms. The van der Waals surface area contributed by atoms with E-state index in [4.69, 9.17) is 18.9 Å². The molecular formula is C14H22O4. The van der Waals surface area contributed by atoms with Crippen molar-refractivity contribution in [3.63, 3.8) is 0 Å². The Hall–Kier alpha value is -1.36. The van der Waals surface area contributed by atoms with Gasteiger partial charge in [0.15, 0.2) is 0 Å². The van der Waals surface area contributed by atoms with E-state index in [2.05, 4.69) is 6.58 Å². The van der Waals surface area contributed by atoms with Gasteiger partial charge in [-0.2, -0.15) is 0 Å². The van der Waals surface area contributed by atoms with Crippen molar-refractivity contribution in [2.45, 2.75) is 0 Å². The minimum atomic E-state index is 0.653. The first-order valence-electron chi connectivity index (χ1n) is 5.73. The lowest BCUT2D eigenvalue weighted by Crippen LogP contribution is -2.06. The van der Waals surface area contributed by atoms with E-state index in [1.165, 1.54) is 6.26 Å². The lowest BCUT2D eigenvalue weighted by atomic mass is 10.3. The average molecular weight is 254 g/mol. The Balaban J connectivity index is 0.000000321. The van der Waals surface area contributed by atoms with Crippen molar-refractivity contribution in [3.05, 3.63) is 43.2 Å². The summed E-state index contributed by atoms with van der Waals surface area (Å²) in [7, 11) is 3.30. The highest BCUT2D eigenvalue weighted by molar-refractivity contribution is 5.21. The number of methoxy groups -OCH3 is 2. The van der Waals surface area contributed by atoms with Crippen molar-refractivity contribution in [1.29, 1.82) is 0 Å². The largest absolute Gasteiger partial charge is 0.466 e. The number of hydrogen-bond donors (Lipinski definition) is 0. The summed E-state index contributed by atoms with van der Waals surface area (Å²) in [6.45, 7) is 6.05. The number of ether oxygens (including phenoxy) is 4. The first-order chi connectivity index (χ1) is 8.85. The molecule has 0 aliphatic carbocycles. The Morgan fingerprint density at radius 1 is 0.944 bits per heavy atom. The standard InChI is InChI=1S/C8H8O.C6H14O3/c1-2-9-8-6-4-3-5-7-8;1-7-3-5-9-6-4-8-2/h2-7H,1H2;3-6H2,1-2H3. The summed E-state index contributed by atoms with van der Waals surface area (Å²) >= 11 is 0. The smallest absolute Gasteiger partial charge is 0.126 e. The second kappa shape index (κ2) is 13.7. The third-order valence-corrected chi connectivity index (χ3v) is 1.83. The third-order valence-electron chi connectivity index (χ3n) is 1.83. The first kappa shape index (κ1) is 16.6. The quantitative estimate of drug-likeness (QED) is 0.527. The Labute approximate surface area is 109 Å². The molecule has 0 atom stereocenters. The molecule has 1 rings (SSSR count). The second-order valence-corrected chi connectivity index (χ2v) is 3.20. The fourth-order valence-electron chi connectivity index (χ4n) is 0.982. The lowest BCUT2D eigenvalue weighted by molar-refractivity contribution is 0.0385. The summed E-state index contributed by atoms with van der Waals surface area (Å²) < 4.78 is 19.5. The zero-order valence-corrected chi connectivity index (χ0v) is 11.1. The van der Waals surface area contributed by atoms with Crippen molar-refractivity contribution in [2.24, 2.45) is 0 Å². The van der Waals surface area contributed by atoms with E-state index >= 15 is 0 Å². The van der Waals surface area contributed by atoms with Crippen LogP contribution >= 0.6 is 0 Å². The van der Waals surface area contributed by atoms with Gasteiger partial charge < -0.3 is 18.9 Å². The van der Waals surface area contributed by atoms with Crippen LogP contribution in [-0.4, -0.2) is 40.6 Å². The molecule has 1 aromatic rings. The molecule has 0 N–H and O–H groups in total. The zero-order valence-electron chi connectivity index (χ0n) is 11.1. The minimum Gasteiger partial charge on any atom is -0.466 e. The molecule has 0 fully saturated rings. The summed E-state index contributed by atoms with van der Waals surface area (Å²) in [5.41, 5.74) is 0. The van der Waals surface area contributed by atoms with Crippen molar-refractivity contribution in [3.8, 4) is 5.75 Å². The molecule has 0 aliphatic heterocycles. The van der Waals surface area contributed by atoms with Gasteiger partial charge >= 0.3 is 0 Å². The number of hydrogen-bond acceptors (Lipinski definition) is 4. The molecule has 1 aromatic carbocycles. The molecule has 18 heavy (non-hydrogen) atoms. The number of benzene rings is 1. The van der Waals surface area contributed by atoms with Crippen molar-refractivity contribution in [2.75, 3.05) is 40.6 Å². The van der Waals surface area contributed by atoms with Gasteiger partial charge in [-0.25, -0.2) is 0 Å². The second-order valence-electron chi connectivity index (χ2n) is 3.20. The summed E-state index contributed by atoms with van der Waals surface area (Å²) in [5.74, 6) is 0.826. The van der Waals surface area contributed by atoms with E-state index in [-0.39, 0.29) is 0 Å². The molecule has 0 radical (unpaired) electrons. The van der Waals surface area contributed by atoms with Gasteiger partial charge in [0.05, 0.1) is 32.7 Å². The molecule has 0 aliphatic rings. The molecule has 102 valence electrons. The summed E-state index contributed by atoms with van der Waals surface area (Å²) in [6.07, 6.45) is 1.41. The van der Waals surface area contributed by atoms with Crippen molar-refractivity contribution in [1.82, 2.24) is 0 Å². The van der Waals surface area contributed by atoms with Crippen LogP contribution in [0.2, 0.25) is 0 Å². The van der Waals surface area contributed by atoms with Crippen LogP contribution in [0.4, 0.5) is 0 Å². The predicted molar refractivity (Wildman–Crippen MR) is 71.8 cm³/mol. The molecule has 0 saturated heterocycles. The van der Waals surface area contributed by atoms with Crippen LogP contribution in [0.5, 0.6) is 5.75 Å². The zero-order chi connectivity index (χ0) is 13.5. The van der Waals surface area contributed by atoms with Gasteiger partial charge in [-0.3, -0.25) is 0 Å². The highest BCUT2D eigenvalue weighted by Crippen LogP contribution is 2.07. The average Bonchev–Trinajstić information content (AvgIpc) is 2.41. The van der Waals surface area contributed by atoms with Crippen LogP contribution in [0, 0.1) is 0 Å². The molecule has 0 spiro atoms. The third kappa shape index (κ3) is 11.1. The van der Waals surface area contributed by atoms with Crippen LogP contribution in [-0.2, 0) is 14.2 Å². The fourth-order valence-corrected chi connectivity index (χ4v) is 0.982. The fraction of sp³-hybridized carbons (Fsp3) is 0.429. The van der Waals surface area contributed by atoms with Crippen LogP contribution < -0.4 is 4.74 Å². The van der Waals surface area contributed by atoms with Gasteiger partial charge in [-0.05, 0) is 12.1 Å². The maximum atomic E-state index is 5.06. The van der Waals surface area contributed by atoms with E-state index < -0.39 is 0 Å². The van der Waals surface area contributed by atoms with Gasteiger partial charge in [0, 0.05) is 14.2 Å². The van der Waals surface area contributed by atoms with E-state index in [9.17, 15) is 0 Å². The summed E-state index contributed by atoms with van der Waals surface area (Å²) in [5, 5.41) is 0. The Morgan fingerprint density at radius 3 is 1.94 bits per heavy atom. The molecule has 0 unspecified atom stereocenters. The Kier molecular flexibility index (Phi) is 12.7. The molecule has 0 aromatic heterocycles. The highest BCUT2D eigenvalue weighted by atomic mass is 16.5. The first-order valence-corrected chi connectivity index (χ1v) is 5.73. The normalized spacial score (nSPS) is 9.22. The van der Waals surface area contributed by atoms with E-state index in [1.807, 2.05) is 30.3 Å². The summed E-state index contributed by atoms with van der Waals surface area (Å²) in [6, 6.07) is 9.52. The molecular weight excluding hydrogens is 232 g/mol. The van der Waals surface area contributed by atoms with Crippen LogP contribution in [0.25, 0.3) is 0 Å². The van der Waals surface area contributed by atoms with Gasteiger partial charge in [0.1, 0.15) is 5.75 Å². The maximum Gasteiger partial charge on any atom is 0.126 e. The Bertz CT molecular complexity index is 268. The monoisotopic (exact) mass is 254 g/mol. The summed E-state index contributed by atoms with van der Waals surface area (Å²) in [4.78, 5) is 0. The van der Waals surface area contributed by atoms with Gasteiger partial charge in [-0.1, -0.05) is 24.8 Å². The lowest BCUT2D eigenvalue weighted by Gasteiger charge is -2.00. The van der Waals surface area contributed by atoms with Crippen LogP contribution in [0.1, 0.15) is 0 Å². The van der Waals surface area contributed by atoms with Crippen molar-refractivity contribution >= 4 is 0 Å². The highest BCUT2D eigenvalue weighted by Gasteiger charge is 1.84. The van der Waals surface area contributed by atoms with Crippen LogP contribution in [0.3, 0.4) is 0 Å². The maximum absolute atomic E-state index is 5.06. The van der Waals surface area contributed by atoms with E-state index in [0.29, 0.717) is 26.4 Å². The minimum absolute atomic E-state index is 0.653. The molecule has 0 saturated carbocycles. The van der Waals surface area contributed by atoms with E-state index in [1.54, 1.807) is 14.2 Å². The van der Waals surface area contributed by atoms with E-state index in [0.717, 1.165) is 5.75 Å². The van der Waals surface area contributed by atoms with Gasteiger partial charge in [0.2, 0.25) is 0 Å². The number of rotatable bonds is 8. The molecule has 0 bridgehead atoms.